The van der Waals surface area contributed by atoms with Crippen molar-refractivity contribution < 1.29 is 43.2 Å². The molecule has 3 rings (SSSR count). The van der Waals surface area contributed by atoms with E-state index in [2.05, 4.69) is 10.0 Å². The van der Waals surface area contributed by atoms with Crippen molar-refractivity contribution in [3.8, 4) is 0 Å². The van der Waals surface area contributed by atoms with Crippen LogP contribution in [0.25, 0.3) is 6.08 Å². The molecule has 1 fully saturated rings. The summed E-state index contributed by atoms with van der Waals surface area (Å²) in [6.45, 7) is -0.868. The van der Waals surface area contributed by atoms with Crippen LogP contribution >= 0.6 is 0 Å². The fourth-order valence-electron chi connectivity index (χ4n) is 3.33. The Hall–Kier alpha value is -2.77. The van der Waals surface area contributed by atoms with Crippen LogP contribution in [0.4, 0.5) is 0 Å². The quantitative estimate of drug-likeness (QED) is 0.242. The van der Waals surface area contributed by atoms with Gasteiger partial charge in [-0.05, 0) is 30.6 Å². The molecule has 2 aliphatic rings. The van der Waals surface area contributed by atoms with Gasteiger partial charge in [0.15, 0.2) is 0 Å². The second kappa shape index (κ2) is 10.4. The van der Waals surface area contributed by atoms with E-state index in [1.165, 1.54) is 6.08 Å². The van der Waals surface area contributed by atoms with E-state index in [1.807, 2.05) is 0 Å². The molecule has 6 N–H and O–H groups in total. The molecular formula is C21H26N2O9S. The zero-order valence-electron chi connectivity index (χ0n) is 17.4. The van der Waals surface area contributed by atoms with Crippen molar-refractivity contribution in [2.24, 2.45) is 5.92 Å². The van der Waals surface area contributed by atoms with E-state index in [-0.39, 0.29) is 5.92 Å². The lowest BCUT2D eigenvalue weighted by atomic mass is 9.92. The summed E-state index contributed by atoms with van der Waals surface area (Å²) in [6, 6.07) is 5.99. The van der Waals surface area contributed by atoms with Crippen LogP contribution < -0.4 is 10.0 Å². The number of carboxylic acids is 1. The summed E-state index contributed by atoms with van der Waals surface area (Å²) >= 11 is 0. The maximum Gasteiger partial charge on any atom is 0.370 e. The molecule has 1 heterocycles. The fourth-order valence-corrected chi connectivity index (χ4v) is 4.34. The van der Waals surface area contributed by atoms with Crippen molar-refractivity contribution in [1.82, 2.24) is 10.0 Å². The van der Waals surface area contributed by atoms with Gasteiger partial charge in [-0.2, -0.15) is 0 Å². The highest BCUT2D eigenvalue weighted by Gasteiger charge is 2.46. The van der Waals surface area contributed by atoms with Gasteiger partial charge < -0.3 is 30.5 Å². The summed E-state index contributed by atoms with van der Waals surface area (Å²) in [5.74, 6) is -2.93. The van der Waals surface area contributed by atoms with Crippen molar-refractivity contribution in [3.05, 3.63) is 53.1 Å². The van der Waals surface area contributed by atoms with Gasteiger partial charge in [0.05, 0.1) is 18.7 Å². The number of rotatable bonds is 10. The van der Waals surface area contributed by atoms with Crippen molar-refractivity contribution in [2.75, 3.05) is 6.61 Å². The molecule has 1 aliphatic carbocycles. The van der Waals surface area contributed by atoms with E-state index in [1.54, 1.807) is 30.3 Å². The summed E-state index contributed by atoms with van der Waals surface area (Å²) in [5.41, 5.74) is 0.606. The van der Waals surface area contributed by atoms with E-state index in [9.17, 15) is 38.4 Å². The third kappa shape index (κ3) is 6.62. The van der Waals surface area contributed by atoms with Crippen LogP contribution in [-0.2, 0) is 24.3 Å². The average molecular weight is 483 g/mol. The van der Waals surface area contributed by atoms with Crippen LogP contribution in [0.1, 0.15) is 18.4 Å². The number of carbonyl (C=O) groups excluding carboxylic acids is 1. The van der Waals surface area contributed by atoms with E-state index < -0.39 is 64.7 Å². The predicted octanol–water partition coefficient (Wildman–Crippen LogP) is -1.08. The second-order valence-corrected chi connectivity index (χ2v) is 9.47. The highest BCUT2D eigenvalue weighted by Crippen LogP contribution is 2.30. The largest absolute Gasteiger partial charge is 0.478 e. The molecule has 1 aliphatic heterocycles. The Kier molecular flexibility index (Phi) is 7.87. The lowest BCUT2D eigenvalue weighted by Crippen LogP contribution is -2.63. The number of ether oxygens (including phenoxy) is 1. The normalized spacial score (nSPS) is 25.1. The molecule has 33 heavy (non-hydrogen) atoms. The molecule has 1 aromatic rings. The summed E-state index contributed by atoms with van der Waals surface area (Å²) in [7, 11) is -4.15. The summed E-state index contributed by atoms with van der Waals surface area (Å²) < 4.78 is 33.0. The number of carboxylic acid groups (broad SMARTS) is 1. The maximum absolute atomic E-state index is 12.7. The number of aliphatic hydroxyl groups is 3. The first kappa shape index (κ1) is 24.9. The van der Waals surface area contributed by atoms with Crippen molar-refractivity contribution in [1.29, 1.82) is 0 Å². The number of hydrogen-bond acceptors (Lipinski definition) is 8. The molecule has 1 saturated carbocycles. The molecule has 11 nitrogen and oxygen atoms in total. The van der Waals surface area contributed by atoms with E-state index in [4.69, 9.17) is 4.74 Å². The van der Waals surface area contributed by atoms with Crippen molar-refractivity contribution >= 4 is 28.0 Å². The second-order valence-electron chi connectivity index (χ2n) is 7.87. The van der Waals surface area contributed by atoms with Gasteiger partial charge in [-0.3, -0.25) is 4.79 Å². The maximum atomic E-state index is 12.7. The minimum absolute atomic E-state index is 0.286. The van der Waals surface area contributed by atoms with Gasteiger partial charge in [0.25, 0.3) is 0 Å². The van der Waals surface area contributed by atoms with Crippen LogP contribution in [0, 0.1) is 5.92 Å². The van der Waals surface area contributed by atoms with Crippen molar-refractivity contribution in [3.63, 3.8) is 0 Å². The van der Waals surface area contributed by atoms with Crippen LogP contribution in [0.5, 0.6) is 0 Å². The SMILES string of the molecule is O=C(O)C1=C[C@H](NS(=O)(=O)/C=C/c2ccccc2)[C@@H](NC(=O)C2CC2)[C@H]([C@H](O)[C@H](O)CO)O1. The van der Waals surface area contributed by atoms with Crippen LogP contribution in [0.15, 0.2) is 47.6 Å². The minimum atomic E-state index is -4.15. The lowest BCUT2D eigenvalue weighted by Gasteiger charge is -2.40. The van der Waals surface area contributed by atoms with Crippen LogP contribution in [0.2, 0.25) is 0 Å². The monoisotopic (exact) mass is 482 g/mol. The Morgan fingerprint density at radius 3 is 2.42 bits per heavy atom. The third-order valence-electron chi connectivity index (χ3n) is 5.26. The Morgan fingerprint density at radius 1 is 1.18 bits per heavy atom. The first-order chi connectivity index (χ1) is 15.6. The van der Waals surface area contributed by atoms with Gasteiger partial charge in [0, 0.05) is 11.3 Å². The number of aliphatic carboxylic acids is 1. The first-order valence-corrected chi connectivity index (χ1v) is 11.8. The smallest absolute Gasteiger partial charge is 0.370 e. The van der Waals surface area contributed by atoms with Crippen molar-refractivity contribution in [2.45, 2.75) is 43.2 Å². The topological polar surface area (TPSA) is 182 Å². The number of nitrogens with one attached hydrogen (secondary N) is 2. The molecule has 0 spiro atoms. The Morgan fingerprint density at radius 2 is 1.85 bits per heavy atom. The molecule has 12 heteroatoms. The highest BCUT2D eigenvalue weighted by molar-refractivity contribution is 7.92. The summed E-state index contributed by atoms with van der Waals surface area (Å²) in [6.07, 6.45) is -1.52. The minimum Gasteiger partial charge on any atom is -0.478 e. The molecule has 1 aromatic carbocycles. The fraction of sp³-hybridized carbons (Fsp3) is 0.429. The number of aliphatic hydroxyl groups excluding tert-OH is 3. The number of carbonyl (C=O) groups is 2. The van der Waals surface area contributed by atoms with E-state index in [0.29, 0.717) is 18.4 Å². The molecule has 180 valence electrons. The zero-order chi connectivity index (χ0) is 24.2. The van der Waals surface area contributed by atoms with Gasteiger partial charge in [-0.25, -0.2) is 17.9 Å². The Labute approximate surface area is 190 Å². The van der Waals surface area contributed by atoms with Crippen LogP contribution in [0.3, 0.4) is 0 Å². The summed E-state index contributed by atoms with van der Waals surface area (Å²) in [5, 5.41) is 42.4. The number of amides is 1. The molecule has 0 radical (unpaired) electrons. The Balaban J connectivity index is 1.92. The first-order valence-electron chi connectivity index (χ1n) is 10.3. The van der Waals surface area contributed by atoms with E-state index >= 15 is 0 Å². The van der Waals surface area contributed by atoms with Gasteiger partial charge in [-0.1, -0.05) is 30.3 Å². The molecule has 5 atom stereocenters. The van der Waals surface area contributed by atoms with E-state index in [0.717, 1.165) is 11.5 Å². The molecule has 0 saturated heterocycles. The number of benzene rings is 1. The predicted molar refractivity (Wildman–Crippen MR) is 116 cm³/mol. The number of sulfonamides is 1. The molecule has 0 unspecified atom stereocenters. The van der Waals surface area contributed by atoms with Gasteiger partial charge in [-0.15, -0.1) is 0 Å². The molecule has 0 bridgehead atoms. The van der Waals surface area contributed by atoms with Gasteiger partial charge in [0.2, 0.25) is 21.7 Å². The molecule has 0 aromatic heterocycles. The highest BCUT2D eigenvalue weighted by atomic mass is 32.2. The standard InChI is InChI=1S/C21H26N2O9S/c24-11-15(25)18(26)19-17(22-20(27)13-6-7-13)14(10-16(32-19)21(28)29)23-33(30,31)9-8-12-4-2-1-3-5-12/h1-5,8-10,13-15,17-19,23-26H,6-7,11H2,(H,22,27)(H,28,29)/b9-8+/t14-,15+,17+,18+,19+/m0/s1. The van der Waals surface area contributed by atoms with Gasteiger partial charge in [0.1, 0.15) is 18.3 Å². The van der Waals surface area contributed by atoms with Gasteiger partial charge >= 0.3 is 5.97 Å². The molecular weight excluding hydrogens is 456 g/mol. The van der Waals surface area contributed by atoms with Crippen LogP contribution in [-0.4, -0.2) is 77.7 Å². The number of hydrogen-bond donors (Lipinski definition) is 6. The third-order valence-corrected chi connectivity index (χ3v) is 6.36. The zero-order valence-corrected chi connectivity index (χ0v) is 18.3. The average Bonchev–Trinajstić information content (AvgIpc) is 3.63. The Bertz CT molecular complexity index is 1020. The molecule has 1 amide bonds. The lowest BCUT2D eigenvalue weighted by molar-refractivity contribution is -0.146. The summed E-state index contributed by atoms with van der Waals surface area (Å²) in [4.78, 5) is 24.0.